The minimum absolute atomic E-state index is 0.0570. The number of halogens is 2. The predicted octanol–water partition coefficient (Wildman–Crippen LogP) is 4.34. The number of anilines is 1. The van der Waals surface area contributed by atoms with Crippen LogP contribution in [0.5, 0.6) is 0 Å². The van der Waals surface area contributed by atoms with Crippen LogP contribution in [-0.2, 0) is 9.59 Å². The standard InChI is InChI=1S/C16H17BrClNO2/c1-8-3-4-10-11(5-8)16(21)19(15(10)20)14-7-13(18)12(17)6-9(14)2/h6-8,10-11H,3-5H2,1-2H3/t8-,10+,11-/m0/s1. The van der Waals surface area contributed by atoms with Gasteiger partial charge in [-0.25, -0.2) is 4.90 Å². The molecule has 0 spiro atoms. The molecule has 3 atom stereocenters. The first kappa shape index (κ1) is 15.0. The van der Waals surface area contributed by atoms with Crippen molar-refractivity contribution < 1.29 is 9.59 Å². The van der Waals surface area contributed by atoms with E-state index < -0.39 is 0 Å². The summed E-state index contributed by atoms with van der Waals surface area (Å²) in [7, 11) is 0. The van der Waals surface area contributed by atoms with Crippen LogP contribution in [0.2, 0.25) is 5.02 Å². The number of aryl methyl sites for hydroxylation is 1. The summed E-state index contributed by atoms with van der Waals surface area (Å²) in [4.78, 5) is 26.7. The lowest BCUT2D eigenvalue weighted by Crippen LogP contribution is -2.31. The normalized spacial score (nSPS) is 29.0. The van der Waals surface area contributed by atoms with Gasteiger partial charge in [0.05, 0.1) is 22.5 Å². The van der Waals surface area contributed by atoms with Crippen LogP contribution in [-0.4, -0.2) is 11.8 Å². The maximum Gasteiger partial charge on any atom is 0.237 e. The molecule has 3 rings (SSSR count). The number of fused-ring (bicyclic) bond motifs is 1. The van der Waals surface area contributed by atoms with Crippen molar-refractivity contribution in [1.29, 1.82) is 0 Å². The van der Waals surface area contributed by atoms with Gasteiger partial charge in [0.15, 0.2) is 0 Å². The maximum atomic E-state index is 12.7. The fourth-order valence-corrected chi connectivity index (χ4v) is 4.12. The van der Waals surface area contributed by atoms with Gasteiger partial charge in [0.1, 0.15) is 0 Å². The smallest absolute Gasteiger partial charge is 0.237 e. The molecule has 1 saturated carbocycles. The summed E-state index contributed by atoms with van der Waals surface area (Å²) in [5, 5.41) is 0.513. The van der Waals surface area contributed by atoms with Gasteiger partial charge in [0, 0.05) is 4.47 Å². The molecule has 3 nitrogen and oxygen atoms in total. The van der Waals surface area contributed by atoms with E-state index in [0.29, 0.717) is 16.6 Å². The van der Waals surface area contributed by atoms with Crippen molar-refractivity contribution in [2.24, 2.45) is 17.8 Å². The number of amides is 2. The van der Waals surface area contributed by atoms with Crippen LogP contribution in [0.4, 0.5) is 5.69 Å². The zero-order valence-corrected chi connectivity index (χ0v) is 14.4. The Morgan fingerprint density at radius 2 is 1.86 bits per heavy atom. The largest absolute Gasteiger partial charge is 0.274 e. The van der Waals surface area contributed by atoms with Crippen LogP contribution in [0.1, 0.15) is 31.7 Å². The van der Waals surface area contributed by atoms with Crippen molar-refractivity contribution in [3.8, 4) is 0 Å². The summed E-state index contributed by atoms with van der Waals surface area (Å²) < 4.78 is 0.774. The summed E-state index contributed by atoms with van der Waals surface area (Å²) in [6.45, 7) is 4.04. The van der Waals surface area contributed by atoms with E-state index in [4.69, 9.17) is 11.6 Å². The third-order valence-corrected chi connectivity index (χ3v) is 5.86. The molecule has 0 bridgehead atoms. The van der Waals surface area contributed by atoms with Crippen molar-refractivity contribution in [2.75, 3.05) is 4.90 Å². The van der Waals surface area contributed by atoms with Crippen molar-refractivity contribution in [3.63, 3.8) is 0 Å². The number of carbonyl (C=O) groups excluding carboxylic acids is 2. The van der Waals surface area contributed by atoms with Gasteiger partial charge in [0.25, 0.3) is 0 Å². The van der Waals surface area contributed by atoms with Gasteiger partial charge in [-0.05, 0) is 65.7 Å². The molecule has 0 aromatic heterocycles. The highest BCUT2D eigenvalue weighted by Crippen LogP contribution is 2.43. The van der Waals surface area contributed by atoms with Crippen LogP contribution in [0, 0.1) is 24.7 Å². The third kappa shape index (κ3) is 2.42. The Kier molecular flexibility index (Phi) is 3.87. The molecule has 0 unspecified atom stereocenters. The minimum Gasteiger partial charge on any atom is -0.274 e. The van der Waals surface area contributed by atoms with E-state index in [1.54, 1.807) is 6.07 Å². The fraction of sp³-hybridized carbons (Fsp3) is 0.500. The molecule has 1 saturated heterocycles. The summed E-state index contributed by atoms with van der Waals surface area (Å²) in [6.07, 6.45) is 2.65. The highest BCUT2D eigenvalue weighted by Gasteiger charge is 2.50. The molecule has 2 fully saturated rings. The molecule has 1 heterocycles. The highest BCUT2D eigenvalue weighted by molar-refractivity contribution is 9.10. The second-order valence-corrected chi connectivity index (χ2v) is 7.46. The molecule has 0 radical (unpaired) electrons. The number of nitrogens with zero attached hydrogens (tertiary/aromatic N) is 1. The zero-order chi connectivity index (χ0) is 15.3. The van der Waals surface area contributed by atoms with Gasteiger partial charge >= 0.3 is 0 Å². The lowest BCUT2D eigenvalue weighted by Gasteiger charge is -2.25. The summed E-state index contributed by atoms with van der Waals surface area (Å²) in [5.41, 5.74) is 1.50. The second kappa shape index (κ2) is 5.40. The number of benzene rings is 1. The third-order valence-electron chi connectivity index (χ3n) is 4.67. The molecule has 2 aliphatic rings. The Bertz CT molecular complexity index is 631. The fourth-order valence-electron chi connectivity index (χ4n) is 3.50. The van der Waals surface area contributed by atoms with Gasteiger partial charge in [-0.2, -0.15) is 0 Å². The van der Waals surface area contributed by atoms with Crippen LogP contribution < -0.4 is 4.90 Å². The predicted molar refractivity (Wildman–Crippen MR) is 86.4 cm³/mol. The van der Waals surface area contributed by atoms with Crippen molar-refractivity contribution in [1.82, 2.24) is 0 Å². The minimum atomic E-state index is -0.150. The number of carbonyl (C=O) groups is 2. The monoisotopic (exact) mass is 369 g/mol. The SMILES string of the molecule is Cc1cc(Br)c(Cl)cc1N1C(=O)[C@H]2C[C@@H](C)CC[C@H]2C1=O. The number of rotatable bonds is 1. The second-order valence-electron chi connectivity index (χ2n) is 6.20. The van der Waals surface area contributed by atoms with E-state index in [1.807, 2.05) is 13.0 Å². The van der Waals surface area contributed by atoms with Gasteiger partial charge in [-0.3, -0.25) is 9.59 Å². The van der Waals surface area contributed by atoms with E-state index in [-0.39, 0.29) is 23.7 Å². The highest BCUT2D eigenvalue weighted by atomic mass is 79.9. The summed E-state index contributed by atoms with van der Waals surface area (Å²) in [6, 6.07) is 3.56. The molecule has 1 aromatic rings. The number of hydrogen-bond donors (Lipinski definition) is 0. The molecule has 21 heavy (non-hydrogen) atoms. The van der Waals surface area contributed by atoms with Crippen molar-refractivity contribution in [3.05, 3.63) is 27.2 Å². The molecule has 2 amide bonds. The molecule has 112 valence electrons. The Hall–Kier alpha value is -0.870. The van der Waals surface area contributed by atoms with E-state index in [2.05, 4.69) is 22.9 Å². The maximum absolute atomic E-state index is 12.7. The lowest BCUT2D eigenvalue weighted by atomic mass is 9.76. The zero-order valence-electron chi connectivity index (χ0n) is 12.0. The number of hydrogen-bond acceptors (Lipinski definition) is 2. The topological polar surface area (TPSA) is 37.4 Å². The Morgan fingerprint density at radius 1 is 1.19 bits per heavy atom. The molecule has 5 heteroatoms. The number of imide groups is 1. The molecular formula is C16H17BrClNO2. The molecule has 0 N–H and O–H groups in total. The van der Waals surface area contributed by atoms with E-state index >= 15 is 0 Å². The van der Waals surface area contributed by atoms with E-state index in [1.165, 1.54) is 4.90 Å². The van der Waals surface area contributed by atoms with Gasteiger partial charge in [-0.1, -0.05) is 18.5 Å². The Balaban J connectivity index is 2.01. The van der Waals surface area contributed by atoms with E-state index in [0.717, 1.165) is 29.3 Å². The van der Waals surface area contributed by atoms with Gasteiger partial charge < -0.3 is 0 Å². The first-order chi connectivity index (χ1) is 9.90. The quantitative estimate of drug-likeness (QED) is 0.690. The average Bonchev–Trinajstić information content (AvgIpc) is 2.66. The first-order valence-electron chi connectivity index (χ1n) is 7.23. The van der Waals surface area contributed by atoms with Crippen LogP contribution in [0.15, 0.2) is 16.6 Å². The Labute approximate surface area is 137 Å². The average molecular weight is 371 g/mol. The summed E-state index contributed by atoms with van der Waals surface area (Å²) >= 11 is 9.51. The first-order valence-corrected chi connectivity index (χ1v) is 8.40. The van der Waals surface area contributed by atoms with Crippen LogP contribution >= 0.6 is 27.5 Å². The molecular weight excluding hydrogens is 354 g/mol. The molecule has 1 aliphatic carbocycles. The van der Waals surface area contributed by atoms with Crippen LogP contribution in [0.25, 0.3) is 0 Å². The van der Waals surface area contributed by atoms with Gasteiger partial charge in [-0.15, -0.1) is 0 Å². The van der Waals surface area contributed by atoms with Crippen molar-refractivity contribution in [2.45, 2.75) is 33.1 Å². The summed E-state index contributed by atoms with van der Waals surface area (Å²) in [5.74, 6) is 0.104. The van der Waals surface area contributed by atoms with Crippen LogP contribution in [0.3, 0.4) is 0 Å². The molecule has 1 aromatic carbocycles. The van der Waals surface area contributed by atoms with Gasteiger partial charge in [0.2, 0.25) is 11.8 Å². The lowest BCUT2D eigenvalue weighted by molar-refractivity contribution is -0.122. The van der Waals surface area contributed by atoms with E-state index in [9.17, 15) is 9.59 Å². The Morgan fingerprint density at radius 3 is 2.57 bits per heavy atom. The van der Waals surface area contributed by atoms with Crippen molar-refractivity contribution >= 4 is 45.0 Å². The molecule has 1 aliphatic heterocycles.